The first-order valence-electron chi connectivity index (χ1n) is 9.59. The van der Waals surface area contributed by atoms with E-state index < -0.39 is 23.2 Å². The quantitative estimate of drug-likeness (QED) is 0.653. The lowest BCUT2D eigenvalue weighted by molar-refractivity contribution is 0.0936. The minimum atomic E-state index is -0.606. The van der Waals surface area contributed by atoms with Gasteiger partial charge in [-0.15, -0.1) is 0 Å². The van der Waals surface area contributed by atoms with E-state index in [-0.39, 0.29) is 17.2 Å². The van der Waals surface area contributed by atoms with Gasteiger partial charge in [0.25, 0.3) is 17.4 Å². The van der Waals surface area contributed by atoms with Crippen LogP contribution in [0.1, 0.15) is 41.0 Å². The molecule has 30 heavy (non-hydrogen) atoms. The van der Waals surface area contributed by atoms with Gasteiger partial charge in [0, 0.05) is 23.6 Å². The van der Waals surface area contributed by atoms with Crippen LogP contribution in [-0.2, 0) is 0 Å². The van der Waals surface area contributed by atoms with E-state index in [9.17, 15) is 18.8 Å². The molecule has 3 aromatic rings. The van der Waals surface area contributed by atoms with Crippen molar-refractivity contribution in [1.29, 1.82) is 0 Å². The molecule has 2 aromatic carbocycles. The third-order valence-corrected chi connectivity index (χ3v) is 4.70. The minimum absolute atomic E-state index is 0.0390. The summed E-state index contributed by atoms with van der Waals surface area (Å²) in [5.41, 5.74) is 0.529. The van der Waals surface area contributed by atoms with Crippen LogP contribution < -0.4 is 16.2 Å². The smallest absolute Gasteiger partial charge is 0.267 e. The van der Waals surface area contributed by atoms with Crippen molar-refractivity contribution < 1.29 is 14.0 Å². The average Bonchev–Trinajstić information content (AvgIpc) is 2.74. The molecule has 0 aliphatic rings. The number of nitrogens with one attached hydrogen (secondary N) is 2. The molecule has 0 aliphatic heterocycles. The molecule has 0 saturated carbocycles. The van der Waals surface area contributed by atoms with Gasteiger partial charge >= 0.3 is 0 Å². The molecule has 154 valence electrons. The summed E-state index contributed by atoms with van der Waals surface area (Å²) in [5.74, 6) is -1.59. The van der Waals surface area contributed by atoms with Crippen LogP contribution in [-0.4, -0.2) is 22.4 Å². The van der Waals surface area contributed by atoms with E-state index in [0.717, 1.165) is 6.42 Å². The molecule has 0 fully saturated rings. The van der Waals surface area contributed by atoms with Crippen molar-refractivity contribution in [1.82, 2.24) is 9.88 Å². The zero-order valence-electron chi connectivity index (χ0n) is 16.7. The van der Waals surface area contributed by atoms with Gasteiger partial charge in [-0.1, -0.05) is 19.1 Å². The Bertz CT molecular complexity index is 1120. The predicted molar refractivity (Wildman–Crippen MR) is 114 cm³/mol. The van der Waals surface area contributed by atoms with Gasteiger partial charge in [-0.25, -0.2) is 4.39 Å². The SMILES string of the molecule is CC[C@H](C)NC(=O)c1cccn(-c2ccc(NC(=O)c3ccccc3F)cc2)c1=O. The molecule has 1 atom stereocenters. The number of carbonyl (C=O) groups is 2. The van der Waals surface area contributed by atoms with Gasteiger partial charge in [0.15, 0.2) is 0 Å². The van der Waals surface area contributed by atoms with E-state index in [1.807, 2.05) is 13.8 Å². The van der Waals surface area contributed by atoms with Gasteiger partial charge in [0.05, 0.1) is 5.56 Å². The number of hydrogen-bond acceptors (Lipinski definition) is 3. The molecule has 1 aromatic heterocycles. The summed E-state index contributed by atoms with van der Waals surface area (Å²) < 4.78 is 15.1. The summed E-state index contributed by atoms with van der Waals surface area (Å²) >= 11 is 0. The lowest BCUT2D eigenvalue weighted by Crippen LogP contribution is -2.36. The molecule has 0 unspecified atom stereocenters. The van der Waals surface area contributed by atoms with Crippen molar-refractivity contribution in [3.05, 3.63) is 94.2 Å². The fourth-order valence-corrected chi connectivity index (χ4v) is 2.82. The number of aromatic nitrogens is 1. The van der Waals surface area contributed by atoms with Gasteiger partial charge in [-0.3, -0.25) is 19.0 Å². The molecule has 3 rings (SSSR count). The molecule has 0 bridgehead atoms. The van der Waals surface area contributed by atoms with Crippen LogP contribution in [0.25, 0.3) is 5.69 Å². The maximum atomic E-state index is 13.7. The summed E-state index contributed by atoms with van der Waals surface area (Å²) in [5, 5.41) is 5.41. The topological polar surface area (TPSA) is 80.2 Å². The molecule has 6 nitrogen and oxygen atoms in total. The van der Waals surface area contributed by atoms with E-state index in [0.29, 0.717) is 11.4 Å². The minimum Gasteiger partial charge on any atom is -0.349 e. The standard InChI is InChI=1S/C23H22FN3O3/c1-3-15(2)25-22(29)19-8-6-14-27(23(19)30)17-12-10-16(11-13-17)26-21(28)18-7-4-5-9-20(18)24/h4-15H,3H2,1-2H3,(H,25,29)(H,26,28)/t15-/m0/s1. The molecule has 0 aliphatic carbocycles. The lowest BCUT2D eigenvalue weighted by atomic mass is 10.2. The first-order valence-corrected chi connectivity index (χ1v) is 9.59. The number of pyridine rings is 1. The van der Waals surface area contributed by atoms with Gasteiger partial charge in [0.2, 0.25) is 0 Å². The van der Waals surface area contributed by atoms with Gasteiger partial charge in [-0.2, -0.15) is 0 Å². The second-order valence-electron chi connectivity index (χ2n) is 6.86. The number of rotatable bonds is 6. The van der Waals surface area contributed by atoms with Crippen molar-refractivity contribution in [2.75, 3.05) is 5.32 Å². The second kappa shape index (κ2) is 9.17. The van der Waals surface area contributed by atoms with Gasteiger partial charge < -0.3 is 10.6 Å². The van der Waals surface area contributed by atoms with Crippen LogP contribution in [0.4, 0.5) is 10.1 Å². The third kappa shape index (κ3) is 4.63. The number of amides is 2. The molecule has 2 N–H and O–H groups in total. The molecule has 0 saturated heterocycles. The maximum Gasteiger partial charge on any atom is 0.267 e. The zero-order chi connectivity index (χ0) is 21.7. The van der Waals surface area contributed by atoms with E-state index in [1.54, 1.807) is 42.6 Å². The zero-order valence-corrected chi connectivity index (χ0v) is 16.7. The Labute approximate surface area is 173 Å². The highest BCUT2D eigenvalue weighted by atomic mass is 19.1. The van der Waals surface area contributed by atoms with Gasteiger partial charge in [0.1, 0.15) is 11.4 Å². The summed E-state index contributed by atoms with van der Waals surface area (Å²) in [6.07, 6.45) is 2.32. The third-order valence-electron chi connectivity index (χ3n) is 4.70. The molecular weight excluding hydrogens is 385 g/mol. The molecule has 0 spiro atoms. The Hall–Kier alpha value is -3.74. The normalized spacial score (nSPS) is 11.6. The van der Waals surface area contributed by atoms with E-state index in [4.69, 9.17) is 0 Å². The average molecular weight is 407 g/mol. The monoisotopic (exact) mass is 407 g/mol. The number of hydrogen-bond donors (Lipinski definition) is 2. The highest BCUT2D eigenvalue weighted by Crippen LogP contribution is 2.15. The number of benzene rings is 2. The van der Waals surface area contributed by atoms with Crippen molar-refractivity contribution in [2.45, 2.75) is 26.3 Å². The Balaban J connectivity index is 1.80. The number of nitrogens with zero attached hydrogens (tertiary/aromatic N) is 1. The van der Waals surface area contributed by atoms with E-state index in [2.05, 4.69) is 10.6 Å². The summed E-state index contributed by atoms with van der Waals surface area (Å²) in [6, 6.07) is 15.3. The predicted octanol–water partition coefficient (Wildman–Crippen LogP) is 3.76. The Morgan fingerprint density at radius 3 is 2.30 bits per heavy atom. The summed E-state index contributed by atoms with van der Waals surface area (Å²) in [7, 11) is 0. The molecule has 2 amide bonds. The fraction of sp³-hybridized carbons (Fsp3) is 0.174. The van der Waals surface area contributed by atoms with Crippen LogP contribution in [0.3, 0.4) is 0 Å². The number of halogens is 1. The molecule has 7 heteroatoms. The van der Waals surface area contributed by atoms with Crippen molar-refractivity contribution in [2.24, 2.45) is 0 Å². The van der Waals surface area contributed by atoms with Crippen molar-refractivity contribution in [3.63, 3.8) is 0 Å². The van der Waals surface area contributed by atoms with Crippen LogP contribution in [0, 0.1) is 5.82 Å². The second-order valence-corrected chi connectivity index (χ2v) is 6.86. The highest BCUT2D eigenvalue weighted by molar-refractivity contribution is 6.04. The van der Waals surface area contributed by atoms with Crippen molar-refractivity contribution in [3.8, 4) is 5.69 Å². The molecular formula is C23H22FN3O3. The van der Waals surface area contributed by atoms with Crippen LogP contribution in [0.2, 0.25) is 0 Å². The summed E-state index contributed by atoms with van der Waals surface area (Å²) in [6.45, 7) is 3.81. The van der Waals surface area contributed by atoms with Crippen molar-refractivity contribution >= 4 is 17.5 Å². The largest absolute Gasteiger partial charge is 0.349 e. The highest BCUT2D eigenvalue weighted by Gasteiger charge is 2.15. The molecule has 1 heterocycles. The lowest BCUT2D eigenvalue weighted by Gasteiger charge is -2.13. The van der Waals surface area contributed by atoms with Crippen LogP contribution in [0.5, 0.6) is 0 Å². The fourth-order valence-electron chi connectivity index (χ4n) is 2.82. The van der Waals surface area contributed by atoms with Crippen LogP contribution in [0.15, 0.2) is 71.7 Å². The number of anilines is 1. The Kier molecular flexibility index (Phi) is 6.41. The van der Waals surface area contributed by atoms with Crippen LogP contribution >= 0.6 is 0 Å². The Morgan fingerprint density at radius 2 is 1.63 bits per heavy atom. The number of carbonyl (C=O) groups excluding carboxylic acids is 2. The van der Waals surface area contributed by atoms with E-state index >= 15 is 0 Å². The maximum absolute atomic E-state index is 13.7. The van der Waals surface area contributed by atoms with E-state index in [1.165, 1.54) is 28.8 Å². The first-order chi connectivity index (χ1) is 14.4. The summed E-state index contributed by atoms with van der Waals surface area (Å²) in [4.78, 5) is 37.3. The van der Waals surface area contributed by atoms with Gasteiger partial charge in [-0.05, 0) is 61.9 Å². The molecule has 0 radical (unpaired) electrons. The Morgan fingerprint density at radius 1 is 0.967 bits per heavy atom. The first kappa shape index (κ1) is 21.0.